The first-order chi connectivity index (χ1) is 18.1. The predicted octanol–water partition coefficient (Wildman–Crippen LogP) is 3.37. The Kier molecular flexibility index (Phi) is 14.0. The van der Waals surface area contributed by atoms with Crippen LogP contribution in [0.4, 0.5) is 0 Å². The molecule has 1 aromatic rings. The summed E-state index contributed by atoms with van der Waals surface area (Å²) in [6, 6.07) is 6.38. The van der Waals surface area contributed by atoms with E-state index in [0.29, 0.717) is 19.8 Å². The summed E-state index contributed by atoms with van der Waals surface area (Å²) in [6.45, 7) is 13.5. The van der Waals surface area contributed by atoms with Crippen molar-refractivity contribution in [2.75, 3.05) is 33.5 Å². The maximum atomic E-state index is 12.9. The molecule has 38 heavy (non-hydrogen) atoms. The molecule has 8 atom stereocenters. The van der Waals surface area contributed by atoms with E-state index in [1.807, 2.05) is 27.7 Å². The number of aryl methyl sites for hydroxylation is 1. The maximum absolute atomic E-state index is 12.9. The number of rotatable bonds is 17. The van der Waals surface area contributed by atoms with Gasteiger partial charge in [0.2, 0.25) is 0 Å². The van der Waals surface area contributed by atoms with Gasteiger partial charge in [-0.1, -0.05) is 17.7 Å². The van der Waals surface area contributed by atoms with Gasteiger partial charge in [0.25, 0.3) is 10.1 Å². The molecule has 0 saturated carbocycles. The molecule has 0 aliphatic carbocycles. The summed E-state index contributed by atoms with van der Waals surface area (Å²) in [5.41, 5.74) is 0.927. The minimum Gasteiger partial charge on any atom is -0.353 e. The lowest BCUT2D eigenvalue weighted by Crippen LogP contribution is -2.63. The molecule has 0 spiro atoms. The van der Waals surface area contributed by atoms with Crippen molar-refractivity contribution in [3.63, 3.8) is 0 Å². The average molecular weight is 565 g/mol. The Morgan fingerprint density at radius 2 is 1.26 bits per heavy atom. The van der Waals surface area contributed by atoms with Crippen molar-refractivity contribution in [2.24, 2.45) is 0 Å². The van der Waals surface area contributed by atoms with E-state index < -0.39 is 59.7 Å². The molecule has 2 rings (SSSR count). The van der Waals surface area contributed by atoms with Gasteiger partial charge < -0.3 is 37.9 Å². The van der Waals surface area contributed by atoms with Gasteiger partial charge in [-0.25, -0.2) is 0 Å². The van der Waals surface area contributed by atoms with Crippen LogP contribution in [-0.4, -0.2) is 91.5 Å². The van der Waals surface area contributed by atoms with Crippen LogP contribution in [0.1, 0.15) is 47.1 Å². The van der Waals surface area contributed by atoms with Crippen LogP contribution in [0.25, 0.3) is 0 Å². The first kappa shape index (κ1) is 33.0. The molecule has 0 radical (unpaired) electrons. The molecule has 1 aromatic carbocycles. The molecule has 0 aromatic heterocycles. The summed E-state index contributed by atoms with van der Waals surface area (Å²) < 4.78 is 78.5. The standard InChI is InChI=1S/C26H44O11S/c1-9-30-18(5)34-23-22(16-33-38(27,28)21-14-12-17(4)13-15-21)37-26(29-8)25(36-20(7)32-11-3)24(23)35-19(6)31-10-2/h12-15,18-20,22-26H,9-11,16H2,1-8H3/t18?,19?,20?,22-,23-,24+,25-,26+/m1/s1. The van der Waals surface area contributed by atoms with E-state index in [1.54, 1.807) is 32.9 Å². The van der Waals surface area contributed by atoms with Crippen molar-refractivity contribution in [1.82, 2.24) is 0 Å². The van der Waals surface area contributed by atoms with Crippen LogP contribution < -0.4 is 0 Å². The van der Waals surface area contributed by atoms with E-state index in [4.69, 9.17) is 42.1 Å². The Bertz CT molecular complexity index is 895. The fourth-order valence-electron chi connectivity index (χ4n) is 4.08. The zero-order chi connectivity index (χ0) is 28.3. The van der Waals surface area contributed by atoms with E-state index in [-0.39, 0.29) is 11.5 Å². The fourth-order valence-corrected chi connectivity index (χ4v) is 5.00. The highest BCUT2D eigenvalue weighted by atomic mass is 32.2. The third-order valence-electron chi connectivity index (χ3n) is 5.77. The maximum Gasteiger partial charge on any atom is 0.297 e. The van der Waals surface area contributed by atoms with E-state index in [1.165, 1.54) is 19.2 Å². The number of hydrogen-bond acceptors (Lipinski definition) is 11. The smallest absolute Gasteiger partial charge is 0.297 e. The number of methoxy groups -OCH3 is 1. The van der Waals surface area contributed by atoms with Crippen molar-refractivity contribution in [3.8, 4) is 0 Å². The zero-order valence-corrected chi connectivity index (χ0v) is 24.5. The third-order valence-corrected chi connectivity index (χ3v) is 7.07. The molecule has 0 N–H and O–H groups in total. The largest absolute Gasteiger partial charge is 0.353 e. The minimum atomic E-state index is -4.08. The lowest BCUT2D eigenvalue weighted by molar-refractivity contribution is -0.362. The number of benzene rings is 1. The van der Waals surface area contributed by atoms with E-state index >= 15 is 0 Å². The minimum absolute atomic E-state index is 0.0341. The van der Waals surface area contributed by atoms with Crippen molar-refractivity contribution in [3.05, 3.63) is 29.8 Å². The molecule has 3 unspecified atom stereocenters. The van der Waals surface area contributed by atoms with E-state index in [9.17, 15) is 8.42 Å². The molecule has 1 aliphatic rings. The molecule has 1 heterocycles. The van der Waals surface area contributed by atoms with Crippen molar-refractivity contribution in [1.29, 1.82) is 0 Å². The van der Waals surface area contributed by atoms with Crippen LogP contribution in [0.5, 0.6) is 0 Å². The molecule has 1 fully saturated rings. The summed E-state index contributed by atoms with van der Waals surface area (Å²) in [4.78, 5) is 0.0341. The third kappa shape index (κ3) is 9.77. The van der Waals surface area contributed by atoms with E-state index in [2.05, 4.69) is 0 Å². The molecular formula is C26H44O11S. The van der Waals surface area contributed by atoms with Gasteiger partial charge in [-0.2, -0.15) is 8.42 Å². The second kappa shape index (κ2) is 16.2. The van der Waals surface area contributed by atoms with Crippen molar-refractivity contribution < 1.29 is 50.5 Å². The second-order valence-electron chi connectivity index (χ2n) is 8.70. The molecule has 1 saturated heterocycles. The number of hydrogen-bond donors (Lipinski definition) is 0. The quantitative estimate of drug-likeness (QED) is 0.205. The fraction of sp³-hybridized carbons (Fsp3) is 0.769. The van der Waals surface area contributed by atoms with Gasteiger partial charge >= 0.3 is 0 Å². The Morgan fingerprint density at radius 1 is 0.789 bits per heavy atom. The zero-order valence-electron chi connectivity index (χ0n) is 23.7. The first-order valence-electron chi connectivity index (χ1n) is 13.0. The average Bonchev–Trinajstić information content (AvgIpc) is 2.86. The molecule has 220 valence electrons. The molecule has 0 bridgehead atoms. The molecule has 12 heteroatoms. The van der Waals surface area contributed by atoms with Crippen LogP contribution in [0.15, 0.2) is 29.2 Å². The SMILES string of the molecule is CCOC(C)O[C@@H]1[C@@H](OC(C)OCC)[C@@H](OC)O[C@H](COS(=O)(=O)c2ccc(C)cc2)[C@H]1OC(C)OCC. The summed E-state index contributed by atoms with van der Waals surface area (Å²) in [5, 5.41) is 0. The lowest BCUT2D eigenvalue weighted by Gasteiger charge is -2.46. The van der Waals surface area contributed by atoms with Crippen LogP contribution in [-0.2, 0) is 52.2 Å². The van der Waals surface area contributed by atoms with Gasteiger partial charge in [-0.05, 0) is 60.6 Å². The van der Waals surface area contributed by atoms with Crippen molar-refractivity contribution >= 4 is 10.1 Å². The van der Waals surface area contributed by atoms with Gasteiger partial charge in [0, 0.05) is 26.9 Å². The highest BCUT2D eigenvalue weighted by Gasteiger charge is 2.51. The summed E-state index contributed by atoms with van der Waals surface area (Å²) in [7, 11) is -2.62. The normalized spacial score (nSPS) is 26.7. The first-order valence-corrected chi connectivity index (χ1v) is 14.4. The Hall–Kier alpha value is -1.19. The van der Waals surface area contributed by atoms with Gasteiger partial charge in [0.05, 0.1) is 11.5 Å². The highest BCUT2D eigenvalue weighted by Crippen LogP contribution is 2.32. The van der Waals surface area contributed by atoms with E-state index in [0.717, 1.165) is 5.56 Å². The molecule has 1 aliphatic heterocycles. The molecule has 0 amide bonds. The lowest BCUT2D eigenvalue weighted by atomic mass is 9.98. The van der Waals surface area contributed by atoms with Crippen LogP contribution in [0.2, 0.25) is 0 Å². The number of ether oxygens (including phenoxy) is 8. The Labute approximate surface area is 227 Å². The summed E-state index contributed by atoms with van der Waals surface area (Å²) in [6.07, 6.45) is -6.30. The highest BCUT2D eigenvalue weighted by molar-refractivity contribution is 7.86. The Morgan fingerprint density at radius 3 is 1.74 bits per heavy atom. The predicted molar refractivity (Wildman–Crippen MR) is 138 cm³/mol. The second-order valence-corrected chi connectivity index (χ2v) is 10.3. The van der Waals surface area contributed by atoms with Gasteiger partial charge in [0.1, 0.15) is 24.4 Å². The van der Waals surface area contributed by atoms with Gasteiger partial charge in [-0.3, -0.25) is 4.18 Å². The topological polar surface area (TPSA) is 117 Å². The van der Waals surface area contributed by atoms with Crippen LogP contribution >= 0.6 is 0 Å². The van der Waals surface area contributed by atoms with Gasteiger partial charge in [-0.15, -0.1) is 0 Å². The molecular weight excluding hydrogens is 520 g/mol. The van der Waals surface area contributed by atoms with Crippen LogP contribution in [0, 0.1) is 6.92 Å². The summed E-state index contributed by atoms with van der Waals surface area (Å²) >= 11 is 0. The van der Waals surface area contributed by atoms with Gasteiger partial charge in [0.15, 0.2) is 25.2 Å². The Balaban J connectivity index is 2.39. The molecule has 11 nitrogen and oxygen atoms in total. The van der Waals surface area contributed by atoms with Crippen LogP contribution in [0.3, 0.4) is 0 Å². The van der Waals surface area contributed by atoms with Crippen molar-refractivity contribution in [2.45, 2.75) is 103 Å². The summed E-state index contributed by atoms with van der Waals surface area (Å²) in [5.74, 6) is 0. The monoisotopic (exact) mass is 564 g/mol.